The third-order valence-corrected chi connectivity index (χ3v) is 6.61. The normalized spacial score (nSPS) is 20.5. The molecule has 6 heteroatoms. The summed E-state index contributed by atoms with van der Waals surface area (Å²) in [5.74, 6) is 0.517. The van der Waals surface area contributed by atoms with Crippen LogP contribution in [0.5, 0.6) is 0 Å². The van der Waals surface area contributed by atoms with Gasteiger partial charge in [-0.15, -0.1) is 11.3 Å². The number of urea groups is 1. The average Bonchev–Trinajstić information content (AvgIpc) is 3.24. The monoisotopic (exact) mass is 391 g/mol. The number of carbonyl (C=O) groups is 1. The van der Waals surface area contributed by atoms with Crippen LogP contribution in [-0.2, 0) is 6.54 Å². The van der Waals surface area contributed by atoms with E-state index in [2.05, 4.69) is 11.4 Å². The van der Waals surface area contributed by atoms with Gasteiger partial charge in [0.2, 0.25) is 0 Å². The molecule has 4 heterocycles. The van der Waals surface area contributed by atoms with Crippen LogP contribution in [0.4, 0.5) is 10.5 Å². The minimum Gasteiger partial charge on any atom is -0.324 e. The molecule has 0 radical (unpaired) electrons. The first kappa shape index (κ1) is 17.3. The molecule has 1 aromatic carbocycles. The zero-order chi connectivity index (χ0) is 19.1. The van der Waals surface area contributed by atoms with Crippen molar-refractivity contribution in [3.05, 3.63) is 76.0 Å². The number of hydrogen-bond acceptors (Lipinski definition) is 3. The van der Waals surface area contributed by atoms with Crippen LogP contribution in [0, 0.1) is 5.92 Å². The second-order valence-corrected chi connectivity index (χ2v) is 8.51. The van der Waals surface area contributed by atoms with Gasteiger partial charge in [-0.1, -0.05) is 24.3 Å². The second-order valence-electron chi connectivity index (χ2n) is 7.56. The largest absolute Gasteiger partial charge is 0.324 e. The van der Waals surface area contributed by atoms with E-state index in [0.29, 0.717) is 25.6 Å². The van der Waals surface area contributed by atoms with Gasteiger partial charge in [-0.3, -0.25) is 4.79 Å². The Balaban J connectivity index is 1.40. The highest BCUT2D eigenvalue weighted by atomic mass is 32.1. The summed E-state index contributed by atoms with van der Waals surface area (Å²) in [6.07, 6.45) is 1.03. The van der Waals surface area contributed by atoms with Crippen molar-refractivity contribution in [1.82, 2.24) is 9.47 Å². The maximum atomic E-state index is 13.1. The highest BCUT2D eigenvalue weighted by Crippen LogP contribution is 2.36. The molecule has 1 fully saturated rings. The van der Waals surface area contributed by atoms with E-state index in [9.17, 15) is 9.59 Å². The Morgan fingerprint density at radius 1 is 1.00 bits per heavy atom. The van der Waals surface area contributed by atoms with E-state index in [0.717, 1.165) is 28.2 Å². The fraction of sp³-hybridized carbons (Fsp3) is 0.273. The van der Waals surface area contributed by atoms with Crippen LogP contribution in [0.2, 0.25) is 0 Å². The maximum Gasteiger partial charge on any atom is 0.321 e. The summed E-state index contributed by atoms with van der Waals surface area (Å²) in [6, 6.07) is 17.5. The molecule has 0 spiro atoms. The molecule has 0 aliphatic carbocycles. The van der Waals surface area contributed by atoms with Crippen molar-refractivity contribution in [3.8, 4) is 10.4 Å². The van der Waals surface area contributed by atoms with E-state index in [4.69, 9.17) is 0 Å². The van der Waals surface area contributed by atoms with Gasteiger partial charge in [0.15, 0.2) is 0 Å². The molecule has 2 aliphatic rings. The number of para-hydroxylation sites is 1. The van der Waals surface area contributed by atoms with Gasteiger partial charge in [-0.2, -0.15) is 0 Å². The number of fused-ring (bicyclic) bond motifs is 4. The number of anilines is 1. The fourth-order valence-electron chi connectivity index (χ4n) is 4.46. The minimum atomic E-state index is -0.0631. The molecule has 2 aromatic heterocycles. The van der Waals surface area contributed by atoms with Crippen LogP contribution < -0.4 is 10.9 Å². The van der Waals surface area contributed by atoms with Gasteiger partial charge >= 0.3 is 6.03 Å². The standard InChI is InChI=1S/C22H21N3O2S/c26-21-18(20-7-4-10-28-20)8-9-19-16-11-15(13-25(19)21)12-24(14-16)22(27)23-17-5-2-1-3-6-17/h1-10,15-16H,11-14H2,(H,23,27)/t15-,16-/m1/s1. The lowest BCUT2D eigenvalue weighted by Crippen LogP contribution is -2.50. The van der Waals surface area contributed by atoms with Crippen molar-refractivity contribution in [2.24, 2.45) is 5.92 Å². The van der Waals surface area contributed by atoms with Crippen LogP contribution >= 0.6 is 11.3 Å². The highest BCUT2D eigenvalue weighted by molar-refractivity contribution is 7.13. The first-order valence-corrected chi connectivity index (χ1v) is 10.5. The number of nitrogens with one attached hydrogen (secondary N) is 1. The molecule has 3 aromatic rings. The van der Waals surface area contributed by atoms with Crippen LogP contribution in [0.15, 0.2) is 64.8 Å². The fourth-order valence-corrected chi connectivity index (χ4v) is 5.20. The van der Waals surface area contributed by atoms with E-state index < -0.39 is 0 Å². The quantitative estimate of drug-likeness (QED) is 0.711. The van der Waals surface area contributed by atoms with Gasteiger partial charge in [0, 0.05) is 41.8 Å². The molecule has 0 unspecified atom stereocenters. The molecule has 0 saturated carbocycles. The lowest BCUT2D eigenvalue weighted by atomic mass is 9.83. The van der Waals surface area contributed by atoms with Gasteiger partial charge < -0.3 is 14.8 Å². The number of piperidine rings is 1. The summed E-state index contributed by atoms with van der Waals surface area (Å²) in [5.41, 5.74) is 2.73. The third kappa shape index (κ3) is 3.03. The zero-order valence-electron chi connectivity index (χ0n) is 15.4. The van der Waals surface area contributed by atoms with E-state index in [1.54, 1.807) is 11.3 Å². The molecule has 142 valence electrons. The highest BCUT2D eigenvalue weighted by Gasteiger charge is 2.36. The molecule has 2 bridgehead atoms. The molecule has 5 rings (SSSR count). The minimum absolute atomic E-state index is 0.0631. The first-order valence-electron chi connectivity index (χ1n) is 9.57. The lowest BCUT2D eigenvalue weighted by Gasteiger charge is -2.42. The van der Waals surface area contributed by atoms with Crippen molar-refractivity contribution in [3.63, 3.8) is 0 Å². The number of benzene rings is 1. The number of likely N-dealkylation sites (tertiary alicyclic amines) is 1. The molecule has 2 amide bonds. The summed E-state index contributed by atoms with van der Waals surface area (Å²) in [5, 5.41) is 4.98. The van der Waals surface area contributed by atoms with Crippen LogP contribution in [0.25, 0.3) is 10.4 Å². The Morgan fingerprint density at radius 2 is 1.86 bits per heavy atom. The molecule has 1 saturated heterocycles. The van der Waals surface area contributed by atoms with Gasteiger partial charge in [0.05, 0.1) is 5.56 Å². The first-order chi connectivity index (χ1) is 13.7. The predicted molar refractivity (Wildman–Crippen MR) is 112 cm³/mol. The summed E-state index contributed by atoms with van der Waals surface area (Å²) in [7, 11) is 0. The van der Waals surface area contributed by atoms with Gasteiger partial charge in [-0.05, 0) is 48.1 Å². The summed E-state index contributed by atoms with van der Waals surface area (Å²) >= 11 is 1.59. The molecule has 1 N–H and O–H groups in total. The number of nitrogens with zero attached hydrogens (tertiary/aromatic N) is 2. The Bertz CT molecular complexity index is 1060. The molecule has 5 nitrogen and oxygen atoms in total. The summed E-state index contributed by atoms with van der Waals surface area (Å²) in [4.78, 5) is 28.7. The number of amides is 2. The number of pyridine rings is 1. The van der Waals surface area contributed by atoms with E-state index in [-0.39, 0.29) is 17.5 Å². The van der Waals surface area contributed by atoms with Crippen molar-refractivity contribution in [2.75, 3.05) is 18.4 Å². The molecule has 2 atom stereocenters. The number of aromatic nitrogens is 1. The summed E-state index contributed by atoms with van der Waals surface area (Å²) in [6.45, 7) is 2.01. The van der Waals surface area contributed by atoms with E-state index in [1.807, 2.05) is 63.4 Å². The van der Waals surface area contributed by atoms with Crippen molar-refractivity contribution < 1.29 is 4.79 Å². The molecule has 2 aliphatic heterocycles. The Morgan fingerprint density at radius 3 is 2.64 bits per heavy atom. The Kier molecular flexibility index (Phi) is 4.28. The van der Waals surface area contributed by atoms with Gasteiger partial charge in [-0.25, -0.2) is 4.79 Å². The Labute approximate surface area is 167 Å². The molecule has 28 heavy (non-hydrogen) atoms. The number of carbonyl (C=O) groups excluding carboxylic acids is 1. The van der Waals surface area contributed by atoms with Gasteiger partial charge in [0.1, 0.15) is 0 Å². The van der Waals surface area contributed by atoms with Crippen molar-refractivity contribution >= 4 is 23.1 Å². The van der Waals surface area contributed by atoms with Crippen LogP contribution in [-0.4, -0.2) is 28.6 Å². The second kappa shape index (κ2) is 6.95. The average molecular weight is 391 g/mol. The van der Waals surface area contributed by atoms with E-state index >= 15 is 0 Å². The topological polar surface area (TPSA) is 54.3 Å². The zero-order valence-corrected chi connectivity index (χ0v) is 16.2. The molecular formula is C22H21N3O2S. The van der Waals surface area contributed by atoms with Gasteiger partial charge in [0.25, 0.3) is 5.56 Å². The van der Waals surface area contributed by atoms with E-state index in [1.165, 1.54) is 0 Å². The lowest BCUT2D eigenvalue weighted by molar-refractivity contribution is 0.139. The summed E-state index contributed by atoms with van der Waals surface area (Å²) < 4.78 is 1.94. The van der Waals surface area contributed by atoms with Crippen LogP contribution in [0.3, 0.4) is 0 Å². The van der Waals surface area contributed by atoms with Crippen molar-refractivity contribution in [2.45, 2.75) is 18.9 Å². The van der Waals surface area contributed by atoms with Crippen molar-refractivity contribution in [1.29, 1.82) is 0 Å². The maximum absolute atomic E-state index is 13.1. The number of hydrogen-bond donors (Lipinski definition) is 1. The number of thiophene rings is 1. The predicted octanol–water partition coefficient (Wildman–Crippen LogP) is 4.23. The molecular weight excluding hydrogens is 370 g/mol. The Hall–Kier alpha value is -2.86. The number of rotatable bonds is 2. The smallest absolute Gasteiger partial charge is 0.321 e. The SMILES string of the molecule is O=C(Nc1ccccc1)N1C[C@H]2C[C@H](C1)c1ccc(-c3cccs3)c(=O)n1C2. The van der Waals surface area contributed by atoms with Crippen LogP contribution in [0.1, 0.15) is 18.0 Å². The third-order valence-electron chi connectivity index (χ3n) is 5.70.